The molecular formula is C18H19N3O5S. The second kappa shape index (κ2) is 7.45. The second-order valence-electron chi connectivity index (χ2n) is 6.14. The molecule has 1 fully saturated rings. The Bertz CT molecular complexity index is 849. The molecule has 0 bridgehead atoms. The number of aliphatic carboxylic acids is 1. The van der Waals surface area contributed by atoms with Crippen molar-refractivity contribution in [3.63, 3.8) is 0 Å². The lowest BCUT2D eigenvalue weighted by atomic mass is 10.0. The van der Waals surface area contributed by atoms with E-state index in [-0.39, 0.29) is 11.4 Å². The minimum Gasteiger partial charge on any atom is -0.508 e. The number of hydrogen-bond acceptors (Lipinski definition) is 6. The van der Waals surface area contributed by atoms with Crippen LogP contribution in [0, 0.1) is 0 Å². The number of benzene rings is 1. The molecule has 1 aromatic carbocycles. The summed E-state index contributed by atoms with van der Waals surface area (Å²) >= 11 is 1.39. The maximum absolute atomic E-state index is 12.5. The first-order valence-electron chi connectivity index (χ1n) is 8.24. The van der Waals surface area contributed by atoms with Gasteiger partial charge in [0.05, 0.1) is 0 Å². The van der Waals surface area contributed by atoms with Crippen LogP contribution in [0.15, 0.2) is 47.7 Å². The zero-order valence-electron chi connectivity index (χ0n) is 14.5. The summed E-state index contributed by atoms with van der Waals surface area (Å²) in [6, 6.07) is 4.06. The molecule has 27 heavy (non-hydrogen) atoms. The highest BCUT2D eigenvalue weighted by Gasteiger charge is 2.54. The van der Waals surface area contributed by atoms with Crippen LogP contribution in [-0.2, 0) is 14.4 Å². The van der Waals surface area contributed by atoms with E-state index in [1.165, 1.54) is 40.9 Å². The van der Waals surface area contributed by atoms with Crippen LogP contribution in [0.5, 0.6) is 5.75 Å². The summed E-state index contributed by atoms with van der Waals surface area (Å²) in [6.07, 6.45) is 3.39. The van der Waals surface area contributed by atoms with E-state index >= 15 is 0 Å². The Morgan fingerprint density at radius 2 is 2.04 bits per heavy atom. The van der Waals surface area contributed by atoms with Gasteiger partial charge in [-0.25, -0.2) is 4.79 Å². The molecule has 0 aliphatic carbocycles. The van der Waals surface area contributed by atoms with Crippen molar-refractivity contribution < 1.29 is 24.6 Å². The molecule has 2 amide bonds. The van der Waals surface area contributed by atoms with Gasteiger partial charge in [0.15, 0.2) is 0 Å². The van der Waals surface area contributed by atoms with Gasteiger partial charge >= 0.3 is 5.97 Å². The number of hydrogen-bond donors (Lipinski definition) is 4. The number of phenolic OH excluding ortho intramolecular Hbond substituents is 1. The van der Waals surface area contributed by atoms with Gasteiger partial charge in [0.2, 0.25) is 5.91 Å². The van der Waals surface area contributed by atoms with E-state index in [1.54, 1.807) is 19.1 Å². The van der Waals surface area contributed by atoms with E-state index in [2.05, 4.69) is 5.32 Å². The van der Waals surface area contributed by atoms with Crippen LogP contribution in [-0.4, -0.2) is 50.1 Å². The lowest BCUT2D eigenvalue weighted by Gasteiger charge is -2.49. The Morgan fingerprint density at radius 3 is 2.63 bits per heavy atom. The van der Waals surface area contributed by atoms with Gasteiger partial charge in [-0.05, 0) is 30.2 Å². The summed E-state index contributed by atoms with van der Waals surface area (Å²) in [4.78, 5) is 37.7. The summed E-state index contributed by atoms with van der Waals surface area (Å²) in [5.41, 5.74) is 6.93. The fraction of sp³-hybridized carbons (Fsp3) is 0.278. The standard InChI is InChI=1S/C18H19N3O5S/c1-2-3-10-8-27-17-13(16(24)21(17)14(10)18(25)26)20-15(23)12(19)9-4-6-11(22)7-5-9/h2-7,12-13,17,22H,8,19H2,1H3,(H,20,23)(H,25,26)/t12-,13-,17?/m1/s1. The zero-order valence-corrected chi connectivity index (χ0v) is 15.3. The molecule has 2 aliphatic rings. The quantitative estimate of drug-likeness (QED) is 0.545. The summed E-state index contributed by atoms with van der Waals surface area (Å²) in [5, 5.41) is 20.9. The average Bonchev–Trinajstić information content (AvgIpc) is 2.65. The number of carbonyl (C=O) groups is 3. The number of carboxylic acids is 1. The molecular weight excluding hydrogens is 370 g/mol. The highest BCUT2D eigenvalue weighted by Crippen LogP contribution is 2.40. The maximum atomic E-state index is 12.5. The van der Waals surface area contributed by atoms with Gasteiger partial charge in [-0.1, -0.05) is 24.3 Å². The van der Waals surface area contributed by atoms with Crippen molar-refractivity contribution in [3.8, 4) is 5.75 Å². The van der Waals surface area contributed by atoms with Crippen molar-refractivity contribution >= 4 is 29.5 Å². The molecule has 0 spiro atoms. The van der Waals surface area contributed by atoms with E-state index in [0.29, 0.717) is 16.9 Å². The van der Waals surface area contributed by atoms with Gasteiger partial charge in [-0.3, -0.25) is 14.5 Å². The topological polar surface area (TPSA) is 133 Å². The van der Waals surface area contributed by atoms with Crippen LogP contribution in [0.3, 0.4) is 0 Å². The lowest BCUT2D eigenvalue weighted by Crippen LogP contribution is -2.71. The Labute approximate surface area is 159 Å². The molecule has 3 atom stereocenters. The van der Waals surface area contributed by atoms with Crippen LogP contribution in [0.2, 0.25) is 0 Å². The van der Waals surface area contributed by atoms with E-state index in [9.17, 15) is 24.6 Å². The normalized spacial score (nSPS) is 23.0. The minimum absolute atomic E-state index is 0.0461. The predicted octanol–water partition coefficient (Wildman–Crippen LogP) is 0.707. The number of rotatable bonds is 5. The van der Waals surface area contributed by atoms with Crippen molar-refractivity contribution in [2.24, 2.45) is 5.73 Å². The fourth-order valence-electron chi connectivity index (χ4n) is 3.05. The third kappa shape index (κ3) is 3.43. The predicted molar refractivity (Wildman–Crippen MR) is 99.5 cm³/mol. The number of amides is 2. The van der Waals surface area contributed by atoms with E-state index in [0.717, 1.165) is 0 Å². The van der Waals surface area contributed by atoms with Crippen LogP contribution < -0.4 is 11.1 Å². The highest BCUT2D eigenvalue weighted by molar-refractivity contribution is 8.00. The Morgan fingerprint density at radius 1 is 1.37 bits per heavy atom. The molecule has 2 heterocycles. The lowest BCUT2D eigenvalue weighted by molar-refractivity contribution is -0.150. The zero-order chi connectivity index (χ0) is 19.7. The number of nitrogens with two attached hydrogens (primary N) is 1. The van der Waals surface area contributed by atoms with Gasteiger partial charge in [0.1, 0.15) is 28.9 Å². The first kappa shape index (κ1) is 19.0. The molecule has 5 N–H and O–H groups in total. The van der Waals surface area contributed by atoms with Crippen molar-refractivity contribution in [1.82, 2.24) is 10.2 Å². The number of nitrogens with one attached hydrogen (secondary N) is 1. The van der Waals surface area contributed by atoms with Crippen molar-refractivity contribution in [3.05, 3.63) is 53.3 Å². The fourth-order valence-corrected chi connectivity index (χ4v) is 4.37. The molecule has 1 saturated heterocycles. The third-order valence-electron chi connectivity index (χ3n) is 4.40. The highest BCUT2D eigenvalue weighted by atomic mass is 32.2. The molecule has 0 saturated carbocycles. The first-order valence-corrected chi connectivity index (χ1v) is 9.28. The summed E-state index contributed by atoms with van der Waals surface area (Å²) in [5.74, 6) is -1.71. The van der Waals surface area contributed by atoms with Crippen LogP contribution in [0.1, 0.15) is 18.5 Å². The molecule has 9 heteroatoms. The van der Waals surface area contributed by atoms with E-state index in [4.69, 9.17) is 5.73 Å². The van der Waals surface area contributed by atoms with Crippen LogP contribution in [0.25, 0.3) is 0 Å². The molecule has 3 rings (SSSR count). The number of fused-ring (bicyclic) bond motifs is 1. The van der Waals surface area contributed by atoms with Crippen molar-refractivity contribution in [2.75, 3.05) is 5.75 Å². The van der Waals surface area contributed by atoms with Gasteiger partial charge in [-0.15, -0.1) is 11.8 Å². The number of carboxylic acid groups (broad SMARTS) is 1. The van der Waals surface area contributed by atoms with Crippen molar-refractivity contribution in [1.29, 1.82) is 0 Å². The molecule has 1 aromatic rings. The molecule has 142 valence electrons. The van der Waals surface area contributed by atoms with Crippen LogP contribution in [0.4, 0.5) is 0 Å². The molecule has 0 radical (unpaired) electrons. The van der Waals surface area contributed by atoms with E-state index < -0.39 is 35.2 Å². The third-order valence-corrected chi connectivity index (χ3v) is 5.70. The number of thioether (sulfide) groups is 1. The Kier molecular flexibility index (Phi) is 5.24. The van der Waals surface area contributed by atoms with Gasteiger partial charge in [0.25, 0.3) is 5.91 Å². The van der Waals surface area contributed by atoms with Gasteiger partial charge in [-0.2, -0.15) is 0 Å². The average molecular weight is 389 g/mol. The molecule has 8 nitrogen and oxygen atoms in total. The van der Waals surface area contributed by atoms with Crippen molar-refractivity contribution in [2.45, 2.75) is 24.4 Å². The maximum Gasteiger partial charge on any atom is 0.352 e. The number of phenols is 1. The molecule has 0 aromatic heterocycles. The number of β-lactam (4-membered cyclic amide) rings is 1. The van der Waals surface area contributed by atoms with Gasteiger partial charge < -0.3 is 21.3 Å². The van der Waals surface area contributed by atoms with Gasteiger partial charge in [0, 0.05) is 5.75 Å². The number of carbonyl (C=O) groups excluding carboxylic acids is 2. The Hall–Kier alpha value is -2.78. The monoisotopic (exact) mass is 389 g/mol. The van der Waals surface area contributed by atoms with Crippen LogP contribution >= 0.6 is 11.8 Å². The smallest absolute Gasteiger partial charge is 0.352 e. The first-order chi connectivity index (χ1) is 12.8. The summed E-state index contributed by atoms with van der Waals surface area (Å²) in [7, 11) is 0. The van der Waals surface area contributed by atoms with E-state index in [1.807, 2.05) is 0 Å². The number of nitrogens with zero attached hydrogens (tertiary/aromatic N) is 1. The number of aromatic hydroxyl groups is 1. The summed E-state index contributed by atoms with van der Waals surface area (Å²) in [6.45, 7) is 1.77. The largest absolute Gasteiger partial charge is 0.508 e. The Balaban J connectivity index is 1.74. The molecule has 2 aliphatic heterocycles. The number of allylic oxidation sites excluding steroid dienone is 2. The minimum atomic E-state index is -1.17. The second-order valence-corrected chi connectivity index (χ2v) is 7.25. The molecule has 1 unspecified atom stereocenters. The summed E-state index contributed by atoms with van der Waals surface area (Å²) < 4.78 is 0. The SMILES string of the molecule is CC=CC1=C(C(=O)O)N2C(=O)[C@@H](NC(=O)[C@H](N)c3ccc(O)cc3)C2SC1.